The van der Waals surface area contributed by atoms with E-state index in [1.807, 2.05) is 17.4 Å². The first-order chi connectivity index (χ1) is 10.8. The molecule has 0 saturated heterocycles. The first-order valence-electron chi connectivity index (χ1n) is 6.71. The number of nitrogens with one attached hydrogen (secondary N) is 3. The van der Waals surface area contributed by atoms with Crippen molar-refractivity contribution in [2.75, 3.05) is 10.6 Å². The number of fused-ring (bicyclic) bond motifs is 1. The summed E-state index contributed by atoms with van der Waals surface area (Å²) in [5.41, 5.74) is 0.170. The van der Waals surface area contributed by atoms with E-state index in [2.05, 4.69) is 10.3 Å². The highest BCUT2D eigenvalue weighted by Crippen LogP contribution is 2.29. The molecular formula is C14H12F3N4O2+. The zero-order chi connectivity index (χ0) is 16.8. The van der Waals surface area contributed by atoms with E-state index < -0.39 is 23.6 Å². The number of H-pyrrole nitrogens is 1. The first kappa shape index (κ1) is 15.1. The minimum atomic E-state index is -4.53. The highest BCUT2D eigenvalue weighted by molar-refractivity contribution is 5.94. The third-order valence-corrected chi connectivity index (χ3v) is 3.53. The molecule has 0 aliphatic heterocycles. The molecule has 0 aliphatic rings. The average molecular weight is 325 g/mol. The molecule has 6 nitrogen and oxygen atoms in total. The predicted octanol–water partition coefficient (Wildman–Crippen LogP) is 2.42. The molecule has 1 unspecified atom stereocenters. The number of anilines is 3. The van der Waals surface area contributed by atoms with Crippen molar-refractivity contribution in [3.8, 4) is 0 Å². The lowest BCUT2D eigenvalue weighted by atomic mass is 10.2. The van der Waals surface area contributed by atoms with Gasteiger partial charge in [-0.3, -0.25) is 5.32 Å². The van der Waals surface area contributed by atoms with Crippen LogP contribution in [0.3, 0.4) is 0 Å². The van der Waals surface area contributed by atoms with Crippen LogP contribution in [0.5, 0.6) is 0 Å². The number of alkyl halides is 3. The van der Waals surface area contributed by atoms with Gasteiger partial charge in [0.25, 0.3) is 0 Å². The lowest BCUT2D eigenvalue weighted by Gasteiger charge is -2.14. The third kappa shape index (κ3) is 2.54. The Kier molecular flexibility index (Phi) is 3.35. The van der Waals surface area contributed by atoms with Crippen LogP contribution in [0.2, 0.25) is 0 Å². The number of aromatic amines is 1. The second-order valence-corrected chi connectivity index (χ2v) is 5.10. The van der Waals surface area contributed by atoms with Crippen LogP contribution in [0.4, 0.5) is 30.4 Å². The molecule has 2 aromatic heterocycles. The summed E-state index contributed by atoms with van der Waals surface area (Å²) in [7, 11) is 0. The van der Waals surface area contributed by atoms with Crippen LogP contribution in [0.25, 0.3) is 10.9 Å². The fourth-order valence-corrected chi connectivity index (χ4v) is 2.19. The van der Waals surface area contributed by atoms with Crippen molar-refractivity contribution in [3.63, 3.8) is 0 Å². The molecule has 0 bridgehead atoms. The standard InChI is InChI=1S/C14H11F3N4O2/c1-7(14(15,16)17)19-12-11(13(22)21(12)23)20-10-6-18-9-5-3-2-4-8(9)10/h2-7H,1H3,(H2-,18,19,20,22,23)/p+1. The highest BCUT2D eigenvalue weighted by atomic mass is 19.4. The summed E-state index contributed by atoms with van der Waals surface area (Å²) >= 11 is 0. The maximum Gasteiger partial charge on any atom is 0.428 e. The molecule has 0 amide bonds. The number of para-hydroxylation sites is 1. The molecule has 0 radical (unpaired) electrons. The summed E-state index contributed by atoms with van der Waals surface area (Å²) in [5.74, 6) is -0.426. The fraction of sp³-hybridized carbons (Fsp3) is 0.214. The van der Waals surface area contributed by atoms with Gasteiger partial charge in [0.05, 0.1) is 10.1 Å². The normalized spacial score (nSPS) is 13.4. The quantitative estimate of drug-likeness (QED) is 0.644. The first-order valence-corrected chi connectivity index (χ1v) is 6.71. The smallest absolute Gasteiger partial charge is 0.359 e. The van der Waals surface area contributed by atoms with Gasteiger partial charge < -0.3 is 10.3 Å². The number of aromatic nitrogens is 2. The average Bonchev–Trinajstić information content (AvgIpc) is 2.92. The Morgan fingerprint density at radius 1 is 1.26 bits per heavy atom. The van der Waals surface area contributed by atoms with Gasteiger partial charge in [0.15, 0.2) is 6.04 Å². The molecule has 0 fully saturated rings. The van der Waals surface area contributed by atoms with E-state index in [1.54, 1.807) is 18.3 Å². The lowest BCUT2D eigenvalue weighted by Crippen LogP contribution is -2.49. The molecule has 120 valence electrons. The molecule has 0 aliphatic carbocycles. The topological polar surface area (TPSA) is 79.9 Å². The number of hydrogen-bond acceptors (Lipinski definition) is 4. The van der Waals surface area contributed by atoms with Crippen molar-refractivity contribution in [1.82, 2.24) is 4.98 Å². The SMILES string of the molecule is CC(Nc1c(Nc2c[nH]c3ccccc23)c(=O)[n+]1=O)C(F)(F)F. The predicted molar refractivity (Wildman–Crippen MR) is 79.2 cm³/mol. The summed E-state index contributed by atoms with van der Waals surface area (Å²) in [6.07, 6.45) is -2.96. The maximum atomic E-state index is 12.6. The number of halogens is 3. The van der Waals surface area contributed by atoms with Crippen LogP contribution in [0, 0.1) is 4.91 Å². The molecule has 2 heterocycles. The zero-order valence-electron chi connectivity index (χ0n) is 11.9. The largest absolute Gasteiger partial charge is 0.428 e. The van der Waals surface area contributed by atoms with Crippen LogP contribution < -0.4 is 20.6 Å². The van der Waals surface area contributed by atoms with E-state index in [0.717, 1.165) is 17.8 Å². The fourth-order valence-electron chi connectivity index (χ4n) is 2.19. The maximum absolute atomic E-state index is 12.6. The van der Waals surface area contributed by atoms with E-state index in [-0.39, 0.29) is 10.1 Å². The summed E-state index contributed by atoms with van der Waals surface area (Å²) in [5, 5.41) is 5.49. The van der Waals surface area contributed by atoms with Crippen LogP contribution in [0.1, 0.15) is 6.92 Å². The second-order valence-electron chi connectivity index (χ2n) is 5.10. The van der Waals surface area contributed by atoms with E-state index in [4.69, 9.17) is 0 Å². The van der Waals surface area contributed by atoms with E-state index in [0.29, 0.717) is 5.69 Å². The molecule has 0 spiro atoms. The third-order valence-electron chi connectivity index (χ3n) is 3.53. The van der Waals surface area contributed by atoms with Crippen molar-refractivity contribution in [2.45, 2.75) is 19.1 Å². The van der Waals surface area contributed by atoms with Gasteiger partial charge in [0, 0.05) is 17.1 Å². The molecule has 1 aromatic carbocycles. The minimum absolute atomic E-state index is 0.0978. The molecule has 23 heavy (non-hydrogen) atoms. The van der Waals surface area contributed by atoms with E-state index in [9.17, 15) is 22.9 Å². The molecule has 3 N–H and O–H groups in total. The van der Waals surface area contributed by atoms with Crippen molar-refractivity contribution in [1.29, 1.82) is 0 Å². The molecule has 9 heteroatoms. The van der Waals surface area contributed by atoms with Gasteiger partial charge in [-0.25, -0.2) is 4.79 Å². The Bertz CT molecular complexity index is 938. The van der Waals surface area contributed by atoms with E-state index in [1.165, 1.54) is 0 Å². The minimum Gasteiger partial charge on any atom is -0.359 e. The van der Waals surface area contributed by atoms with E-state index >= 15 is 0 Å². The van der Waals surface area contributed by atoms with Gasteiger partial charge in [0.1, 0.15) is 0 Å². The molecule has 3 rings (SSSR count). The van der Waals surface area contributed by atoms with Crippen molar-refractivity contribution < 1.29 is 17.6 Å². The van der Waals surface area contributed by atoms with Gasteiger partial charge in [-0.2, -0.15) is 13.2 Å². The van der Waals surface area contributed by atoms with Crippen LogP contribution in [-0.4, -0.2) is 17.2 Å². The van der Waals surface area contributed by atoms with Gasteiger partial charge >= 0.3 is 17.6 Å². The van der Waals surface area contributed by atoms with Gasteiger partial charge in [-0.15, -0.1) is 0 Å². The zero-order valence-corrected chi connectivity index (χ0v) is 11.9. The summed E-state index contributed by atoms with van der Waals surface area (Å²) in [4.78, 5) is 26.0. The Labute approximate surface area is 127 Å². The Balaban J connectivity index is 1.91. The van der Waals surface area contributed by atoms with Gasteiger partial charge in [-0.1, -0.05) is 23.1 Å². The number of rotatable bonds is 4. The summed E-state index contributed by atoms with van der Waals surface area (Å²) < 4.78 is 37.7. The Morgan fingerprint density at radius 3 is 2.65 bits per heavy atom. The summed E-state index contributed by atoms with van der Waals surface area (Å²) in [6.45, 7) is 0.868. The number of benzene rings is 1. The second kappa shape index (κ2) is 5.11. The monoisotopic (exact) mass is 325 g/mol. The molecule has 0 saturated carbocycles. The van der Waals surface area contributed by atoms with Gasteiger partial charge in [0.2, 0.25) is 5.69 Å². The van der Waals surface area contributed by atoms with Crippen molar-refractivity contribution in [3.05, 3.63) is 45.7 Å². The highest BCUT2D eigenvalue weighted by Gasteiger charge is 2.43. The van der Waals surface area contributed by atoms with Crippen LogP contribution in [-0.2, 0) is 0 Å². The number of nitrogens with zero attached hydrogens (tertiary/aromatic N) is 1. The van der Waals surface area contributed by atoms with Gasteiger partial charge in [-0.05, 0) is 13.0 Å². The summed E-state index contributed by atoms with van der Waals surface area (Å²) in [6, 6.07) is 5.22. The lowest BCUT2D eigenvalue weighted by molar-refractivity contribution is -0.507. The molecule has 1 atom stereocenters. The molecule has 3 aromatic rings. The number of hydrogen-bond donors (Lipinski definition) is 3. The van der Waals surface area contributed by atoms with Crippen molar-refractivity contribution >= 4 is 28.1 Å². The van der Waals surface area contributed by atoms with Crippen LogP contribution in [0.15, 0.2) is 35.3 Å². The van der Waals surface area contributed by atoms with Crippen LogP contribution >= 0.6 is 0 Å². The van der Waals surface area contributed by atoms with Crippen molar-refractivity contribution in [2.24, 2.45) is 0 Å². The Hall–Kier alpha value is -2.84. The Morgan fingerprint density at radius 2 is 1.96 bits per heavy atom. The molecular weight excluding hydrogens is 313 g/mol.